The summed E-state index contributed by atoms with van der Waals surface area (Å²) in [5, 5.41) is 0. The highest BCUT2D eigenvalue weighted by atomic mass is 16.2. The first-order valence-corrected chi connectivity index (χ1v) is 8.62. The highest BCUT2D eigenvalue weighted by Gasteiger charge is 2.51. The molecule has 1 aromatic rings. The summed E-state index contributed by atoms with van der Waals surface area (Å²) < 4.78 is 0. The van der Waals surface area contributed by atoms with Gasteiger partial charge in [0, 0.05) is 37.9 Å². The Morgan fingerprint density at radius 2 is 1.82 bits per heavy atom. The molecule has 0 radical (unpaired) electrons. The van der Waals surface area contributed by atoms with Gasteiger partial charge in [-0.2, -0.15) is 0 Å². The topological polar surface area (TPSA) is 49.3 Å². The molecule has 0 N–H and O–H groups in total. The summed E-state index contributed by atoms with van der Waals surface area (Å²) in [5.74, 6) is 1.50. The van der Waals surface area contributed by atoms with Crippen LogP contribution < -0.4 is 4.90 Å². The van der Waals surface area contributed by atoms with E-state index in [1.54, 1.807) is 12.4 Å². The van der Waals surface area contributed by atoms with Crippen LogP contribution in [0.5, 0.6) is 0 Å². The van der Waals surface area contributed by atoms with Gasteiger partial charge in [0.25, 0.3) is 0 Å². The number of anilines is 1. The average molecular weight is 300 g/mol. The van der Waals surface area contributed by atoms with Crippen LogP contribution in [0.4, 0.5) is 5.95 Å². The van der Waals surface area contributed by atoms with Crippen molar-refractivity contribution in [1.29, 1.82) is 0 Å². The number of carbonyl (C=O) groups excluding carboxylic acids is 1. The summed E-state index contributed by atoms with van der Waals surface area (Å²) in [6.45, 7) is 2.77. The molecule has 0 bridgehead atoms. The molecule has 3 aliphatic rings. The summed E-state index contributed by atoms with van der Waals surface area (Å²) in [4.78, 5) is 26.0. The molecule has 1 atom stereocenters. The summed E-state index contributed by atoms with van der Waals surface area (Å²) >= 11 is 0. The van der Waals surface area contributed by atoms with Crippen molar-refractivity contribution in [2.45, 2.75) is 50.5 Å². The van der Waals surface area contributed by atoms with Gasteiger partial charge in [0.15, 0.2) is 0 Å². The molecule has 2 saturated heterocycles. The SMILES string of the molecule is O=C(C1CCCCC1)N1CCC2(CCN2c2ncccn2)C1. The van der Waals surface area contributed by atoms with Gasteiger partial charge in [0.2, 0.25) is 11.9 Å². The van der Waals surface area contributed by atoms with E-state index < -0.39 is 0 Å². The van der Waals surface area contributed by atoms with Gasteiger partial charge >= 0.3 is 0 Å². The minimum Gasteiger partial charge on any atom is -0.340 e. The predicted molar refractivity (Wildman–Crippen MR) is 84.5 cm³/mol. The lowest BCUT2D eigenvalue weighted by molar-refractivity contribution is -0.135. The van der Waals surface area contributed by atoms with Crippen LogP contribution in [-0.2, 0) is 4.79 Å². The van der Waals surface area contributed by atoms with Gasteiger partial charge in [-0.3, -0.25) is 4.79 Å². The van der Waals surface area contributed by atoms with Crippen LogP contribution in [0.25, 0.3) is 0 Å². The van der Waals surface area contributed by atoms with Crippen LogP contribution in [0.15, 0.2) is 18.5 Å². The lowest BCUT2D eigenvalue weighted by Gasteiger charge is -2.50. The second-order valence-corrected chi connectivity index (χ2v) is 7.02. The van der Waals surface area contributed by atoms with E-state index in [0.29, 0.717) is 5.91 Å². The smallest absolute Gasteiger partial charge is 0.225 e. The van der Waals surface area contributed by atoms with Gasteiger partial charge in [-0.1, -0.05) is 19.3 Å². The van der Waals surface area contributed by atoms with Crippen molar-refractivity contribution in [1.82, 2.24) is 14.9 Å². The van der Waals surface area contributed by atoms with Gasteiger partial charge in [-0.05, 0) is 31.7 Å². The number of hydrogen-bond donors (Lipinski definition) is 0. The minimum atomic E-state index is 0.103. The maximum absolute atomic E-state index is 12.7. The average Bonchev–Trinajstić information content (AvgIpc) is 3.03. The molecule has 5 nitrogen and oxygen atoms in total. The number of amides is 1. The van der Waals surface area contributed by atoms with E-state index in [4.69, 9.17) is 0 Å². The second-order valence-electron chi connectivity index (χ2n) is 7.02. The van der Waals surface area contributed by atoms with Crippen LogP contribution in [-0.4, -0.2) is 45.9 Å². The number of likely N-dealkylation sites (tertiary alicyclic amines) is 1. The lowest BCUT2D eigenvalue weighted by Crippen LogP contribution is -2.62. The Hall–Kier alpha value is -1.65. The Kier molecular flexibility index (Phi) is 3.51. The third-order valence-electron chi connectivity index (χ3n) is 5.77. The molecular formula is C17H24N4O. The van der Waals surface area contributed by atoms with E-state index in [2.05, 4.69) is 19.8 Å². The maximum Gasteiger partial charge on any atom is 0.225 e. The van der Waals surface area contributed by atoms with E-state index in [0.717, 1.165) is 51.3 Å². The van der Waals surface area contributed by atoms with Crippen LogP contribution in [0.2, 0.25) is 0 Å². The van der Waals surface area contributed by atoms with Crippen LogP contribution in [0.1, 0.15) is 44.9 Å². The normalized spacial score (nSPS) is 28.9. The Balaban J connectivity index is 1.44. The number of hydrogen-bond acceptors (Lipinski definition) is 4. The fourth-order valence-corrected chi connectivity index (χ4v) is 4.36. The quantitative estimate of drug-likeness (QED) is 0.840. The van der Waals surface area contributed by atoms with Gasteiger partial charge in [0.05, 0.1) is 5.54 Å². The molecule has 1 unspecified atom stereocenters. The van der Waals surface area contributed by atoms with E-state index in [-0.39, 0.29) is 11.5 Å². The monoisotopic (exact) mass is 300 g/mol. The number of aromatic nitrogens is 2. The summed E-state index contributed by atoms with van der Waals surface area (Å²) in [6, 6.07) is 1.85. The second kappa shape index (κ2) is 5.52. The Morgan fingerprint density at radius 3 is 2.50 bits per heavy atom. The first kappa shape index (κ1) is 14.0. The molecule has 2 aliphatic heterocycles. The molecule has 1 aliphatic carbocycles. The number of carbonyl (C=O) groups is 1. The van der Waals surface area contributed by atoms with E-state index in [9.17, 15) is 4.79 Å². The molecule has 0 aromatic carbocycles. The van der Waals surface area contributed by atoms with Gasteiger partial charge in [-0.15, -0.1) is 0 Å². The fourth-order valence-electron chi connectivity index (χ4n) is 4.36. The largest absolute Gasteiger partial charge is 0.340 e. The molecule has 3 fully saturated rings. The third-order valence-corrected chi connectivity index (χ3v) is 5.77. The Morgan fingerprint density at radius 1 is 1.09 bits per heavy atom. The summed E-state index contributed by atoms with van der Waals surface area (Å²) in [5.41, 5.74) is 0.103. The highest BCUT2D eigenvalue weighted by molar-refractivity contribution is 5.79. The molecule has 22 heavy (non-hydrogen) atoms. The molecule has 1 saturated carbocycles. The molecule has 4 rings (SSSR count). The zero-order valence-corrected chi connectivity index (χ0v) is 13.1. The first-order chi connectivity index (χ1) is 10.8. The molecule has 5 heteroatoms. The molecular weight excluding hydrogens is 276 g/mol. The van der Waals surface area contributed by atoms with Crippen LogP contribution in [0, 0.1) is 5.92 Å². The maximum atomic E-state index is 12.7. The van der Waals surface area contributed by atoms with E-state index in [1.165, 1.54) is 19.3 Å². The van der Waals surface area contributed by atoms with Crippen molar-refractivity contribution >= 4 is 11.9 Å². The predicted octanol–water partition coefficient (Wildman–Crippen LogP) is 2.24. The van der Waals surface area contributed by atoms with Crippen molar-refractivity contribution in [3.8, 4) is 0 Å². The van der Waals surface area contributed by atoms with Crippen LogP contribution >= 0.6 is 0 Å². The van der Waals surface area contributed by atoms with Gasteiger partial charge in [-0.25, -0.2) is 9.97 Å². The fraction of sp³-hybridized carbons (Fsp3) is 0.706. The van der Waals surface area contributed by atoms with Crippen molar-refractivity contribution in [3.63, 3.8) is 0 Å². The van der Waals surface area contributed by atoms with Crippen molar-refractivity contribution < 1.29 is 4.79 Å². The minimum absolute atomic E-state index is 0.103. The van der Waals surface area contributed by atoms with Crippen molar-refractivity contribution in [3.05, 3.63) is 18.5 Å². The number of nitrogens with zero attached hydrogens (tertiary/aromatic N) is 4. The molecule has 1 amide bonds. The van der Waals surface area contributed by atoms with Gasteiger partial charge in [0.1, 0.15) is 0 Å². The van der Waals surface area contributed by atoms with Crippen molar-refractivity contribution in [2.75, 3.05) is 24.5 Å². The van der Waals surface area contributed by atoms with Gasteiger partial charge < -0.3 is 9.80 Å². The lowest BCUT2D eigenvalue weighted by atomic mass is 9.84. The molecule has 1 spiro atoms. The van der Waals surface area contributed by atoms with Crippen LogP contribution in [0.3, 0.4) is 0 Å². The zero-order chi connectivity index (χ0) is 15.0. The number of rotatable bonds is 2. The zero-order valence-electron chi connectivity index (χ0n) is 13.1. The molecule has 118 valence electrons. The standard InChI is InChI=1S/C17H24N4O/c22-15(14-5-2-1-3-6-14)20-11-7-17(13-20)8-12-21(17)16-18-9-4-10-19-16/h4,9-10,14H,1-3,5-8,11-13H2. The molecule has 3 heterocycles. The molecule has 1 aromatic heterocycles. The van der Waals surface area contributed by atoms with E-state index in [1.807, 2.05) is 6.07 Å². The van der Waals surface area contributed by atoms with E-state index >= 15 is 0 Å². The first-order valence-electron chi connectivity index (χ1n) is 8.62. The third kappa shape index (κ3) is 2.27. The summed E-state index contributed by atoms with van der Waals surface area (Å²) in [7, 11) is 0. The highest BCUT2D eigenvalue weighted by Crippen LogP contribution is 2.41. The Bertz CT molecular complexity index is 543. The Labute approximate surface area is 131 Å². The summed E-state index contributed by atoms with van der Waals surface area (Å²) in [6.07, 6.45) is 11.7. The van der Waals surface area contributed by atoms with Crippen molar-refractivity contribution in [2.24, 2.45) is 5.92 Å².